The molecular formula is C12H16N2O2. The van der Waals surface area contributed by atoms with Crippen molar-refractivity contribution in [2.45, 2.75) is 25.9 Å². The zero-order valence-electron chi connectivity index (χ0n) is 9.32. The van der Waals surface area contributed by atoms with Crippen LogP contribution in [0.1, 0.15) is 18.4 Å². The largest absolute Gasteiger partial charge is 0.397 e. The van der Waals surface area contributed by atoms with Gasteiger partial charge in [0.1, 0.15) is 6.10 Å². The second-order valence-corrected chi connectivity index (χ2v) is 4.08. The van der Waals surface area contributed by atoms with Crippen molar-refractivity contribution in [1.82, 2.24) is 0 Å². The summed E-state index contributed by atoms with van der Waals surface area (Å²) < 4.78 is 5.30. The average Bonchev–Trinajstić information content (AvgIpc) is 2.75. The molecule has 1 aromatic rings. The first-order chi connectivity index (χ1) is 7.66. The fourth-order valence-corrected chi connectivity index (χ4v) is 1.79. The Labute approximate surface area is 94.8 Å². The van der Waals surface area contributed by atoms with Gasteiger partial charge in [0.15, 0.2) is 0 Å². The molecule has 4 heteroatoms. The second-order valence-electron chi connectivity index (χ2n) is 4.08. The van der Waals surface area contributed by atoms with E-state index in [0.717, 1.165) is 18.4 Å². The van der Waals surface area contributed by atoms with Gasteiger partial charge in [-0.05, 0) is 37.5 Å². The molecule has 1 aliphatic heterocycles. The lowest BCUT2D eigenvalue weighted by molar-refractivity contribution is -0.124. The molecule has 0 unspecified atom stereocenters. The Morgan fingerprint density at radius 1 is 1.56 bits per heavy atom. The minimum absolute atomic E-state index is 0.104. The molecule has 0 radical (unpaired) electrons. The Balaban J connectivity index is 2.05. The molecule has 1 heterocycles. The van der Waals surface area contributed by atoms with Crippen LogP contribution >= 0.6 is 0 Å². The molecule has 1 fully saturated rings. The van der Waals surface area contributed by atoms with E-state index in [1.165, 1.54) is 0 Å². The van der Waals surface area contributed by atoms with E-state index >= 15 is 0 Å². The first-order valence-corrected chi connectivity index (χ1v) is 5.45. The molecule has 1 atom stereocenters. The summed E-state index contributed by atoms with van der Waals surface area (Å²) in [6.45, 7) is 2.63. The maximum absolute atomic E-state index is 11.8. The van der Waals surface area contributed by atoms with Gasteiger partial charge < -0.3 is 15.8 Å². The Kier molecular flexibility index (Phi) is 3.10. The fraction of sp³-hybridized carbons (Fsp3) is 0.417. The molecule has 86 valence electrons. The lowest BCUT2D eigenvalue weighted by atomic mass is 10.2. The highest BCUT2D eigenvalue weighted by atomic mass is 16.5. The predicted molar refractivity (Wildman–Crippen MR) is 63.2 cm³/mol. The third kappa shape index (κ3) is 2.33. The minimum atomic E-state index is -0.319. The molecule has 0 bridgehead atoms. The van der Waals surface area contributed by atoms with Gasteiger partial charge in [0.05, 0.1) is 11.4 Å². The summed E-state index contributed by atoms with van der Waals surface area (Å²) in [5.74, 6) is -0.104. The fourth-order valence-electron chi connectivity index (χ4n) is 1.79. The van der Waals surface area contributed by atoms with Crippen molar-refractivity contribution in [2.75, 3.05) is 17.7 Å². The van der Waals surface area contributed by atoms with Crippen LogP contribution in [0.5, 0.6) is 0 Å². The average molecular weight is 220 g/mol. The van der Waals surface area contributed by atoms with E-state index < -0.39 is 0 Å². The maximum Gasteiger partial charge on any atom is 0.253 e. The van der Waals surface area contributed by atoms with Crippen LogP contribution < -0.4 is 11.1 Å². The van der Waals surface area contributed by atoms with Gasteiger partial charge in [0, 0.05) is 6.61 Å². The molecule has 1 aliphatic rings. The number of hydrogen-bond acceptors (Lipinski definition) is 3. The van der Waals surface area contributed by atoms with Crippen LogP contribution in [0.25, 0.3) is 0 Å². The van der Waals surface area contributed by atoms with Crippen molar-refractivity contribution >= 4 is 17.3 Å². The third-order valence-electron chi connectivity index (χ3n) is 2.69. The predicted octanol–water partition coefficient (Wildman–Crippen LogP) is 1.69. The van der Waals surface area contributed by atoms with Gasteiger partial charge in [-0.25, -0.2) is 0 Å². The van der Waals surface area contributed by atoms with Gasteiger partial charge in [-0.2, -0.15) is 0 Å². The standard InChI is InChI=1S/C12H16N2O2/c1-8-4-5-10(9(13)7-8)14-12(15)11-3-2-6-16-11/h4-5,7,11H,2-3,6,13H2,1H3,(H,14,15)/t11-/m1/s1. The van der Waals surface area contributed by atoms with Crippen molar-refractivity contribution in [3.05, 3.63) is 23.8 Å². The van der Waals surface area contributed by atoms with E-state index in [1.54, 1.807) is 0 Å². The summed E-state index contributed by atoms with van der Waals surface area (Å²) in [6, 6.07) is 5.57. The van der Waals surface area contributed by atoms with Crippen molar-refractivity contribution in [1.29, 1.82) is 0 Å². The molecule has 1 amide bonds. The normalized spacial score (nSPS) is 19.7. The smallest absolute Gasteiger partial charge is 0.253 e. The van der Waals surface area contributed by atoms with E-state index in [4.69, 9.17) is 10.5 Å². The zero-order valence-corrected chi connectivity index (χ0v) is 9.32. The third-order valence-corrected chi connectivity index (χ3v) is 2.69. The summed E-state index contributed by atoms with van der Waals surface area (Å²) >= 11 is 0. The van der Waals surface area contributed by atoms with Crippen molar-refractivity contribution in [3.63, 3.8) is 0 Å². The summed E-state index contributed by atoms with van der Waals surface area (Å²) in [5, 5.41) is 2.79. The molecule has 3 N–H and O–H groups in total. The van der Waals surface area contributed by atoms with Gasteiger partial charge in [0.25, 0.3) is 5.91 Å². The van der Waals surface area contributed by atoms with Crippen LogP contribution in [0.15, 0.2) is 18.2 Å². The Bertz CT molecular complexity index is 398. The molecule has 16 heavy (non-hydrogen) atoms. The van der Waals surface area contributed by atoms with Crippen LogP contribution in [0.4, 0.5) is 11.4 Å². The van der Waals surface area contributed by atoms with E-state index in [1.807, 2.05) is 25.1 Å². The van der Waals surface area contributed by atoms with Crippen LogP contribution in [0, 0.1) is 6.92 Å². The molecule has 4 nitrogen and oxygen atoms in total. The quantitative estimate of drug-likeness (QED) is 0.745. The number of aryl methyl sites for hydroxylation is 1. The zero-order chi connectivity index (χ0) is 11.5. The highest BCUT2D eigenvalue weighted by Gasteiger charge is 2.23. The number of hydrogen-bond donors (Lipinski definition) is 2. The molecule has 1 saturated heterocycles. The second kappa shape index (κ2) is 4.53. The molecule has 0 spiro atoms. The number of nitrogen functional groups attached to an aromatic ring is 1. The topological polar surface area (TPSA) is 64.3 Å². The first kappa shape index (κ1) is 11.0. The minimum Gasteiger partial charge on any atom is -0.397 e. The van der Waals surface area contributed by atoms with Gasteiger partial charge in [-0.15, -0.1) is 0 Å². The van der Waals surface area contributed by atoms with Crippen LogP contribution in [0.2, 0.25) is 0 Å². The monoisotopic (exact) mass is 220 g/mol. The number of carbonyl (C=O) groups excluding carboxylic acids is 1. The number of anilines is 2. The highest BCUT2D eigenvalue weighted by Crippen LogP contribution is 2.21. The number of benzene rings is 1. The van der Waals surface area contributed by atoms with Crippen LogP contribution in [-0.4, -0.2) is 18.6 Å². The van der Waals surface area contributed by atoms with Crippen molar-refractivity contribution in [3.8, 4) is 0 Å². The summed E-state index contributed by atoms with van der Waals surface area (Å²) in [4.78, 5) is 11.8. The number of ether oxygens (including phenoxy) is 1. The van der Waals surface area contributed by atoms with Crippen molar-refractivity contribution < 1.29 is 9.53 Å². The number of nitrogens with two attached hydrogens (primary N) is 1. The number of nitrogens with one attached hydrogen (secondary N) is 1. The highest BCUT2D eigenvalue weighted by molar-refractivity contribution is 5.96. The Hall–Kier alpha value is -1.55. The number of rotatable bonds is 2. The van der Waals surface area contributed by atoms with Gasteiger partial charge in [-0.1, -0.05) is 6.07 Å². The molecule has 2 rings (SSSR count). The van der Waals surface area contributed by atoms with Gasteiger partial charge >= 0.3 is 0 Å². The van der Waals surface area contributed by atoms with Crippen LogP contribution in [0.3, 0.4) is 0 Å². The van der Waals surface area contributed by atoms with E-state index in [9.17, 15) is 4.79 Å². The lowest BCUT2D eigenvalue weighted by Gasteiger charge is -2.12. The molecule has 0 aromatic heterocycles. The summed E-state index contributed by atoms with van der Waals surface area (Å²) in [6.07, 6.45) is 1.42. The Morgan fingerprint density at radius 2 is 2.38 bits per heavy atom. The molecular weight excluding hydrogens is 204 g/mol. The molecule has 0 saturated carbocycles. The summed E-state index contributed by atoms with van der Waals surface area (Å²) in [7, 11) is 0. The maximum atomic E-state index is 11.8. The summed E-state index contributed by atoms with van der Waals surface area (Å²) in [5.41, 5.74) is 8.14. The van der Waals surface area contributed by atoms with Crippen LogP contribution in [-0.2, 0) is 9.53 Å². The van der Waals surface area contributed by atoms with E-state index in [-0.39, 0.29) is 12.0 Å². The lowest BCUT2D eigenvalue weighted by Crippen LogP contribution is -2.27. The van der Waals surface area contributed by atoms with Crippen molar-refractivity contribution in [2.24, 2.45) is 0 Å². The van der Waals surface area contributed by atoms with E-state index in [2.05, 4.69) is 5.32 Å². The molecule has 0 aliphatic carbocycles. The molecule has 1 aromatic carbocycles. The SMILES string of the molecule is Cc1ccc(NC(=O)[C@H]2CCCO2)c(N)c1. The number of carbonyl (C=O) groups is 1. The first-order valence-electron chi connectivity index (χ1n) is 5.45. The van der Waals surface area contributed by atoms with E-state index in [0.29, 0.717) is 18.0 Å². The Morgan fingerprint density at radius 3 is 3.00 bits per heavy atom. The van der Waals surface area contributed by atoms with Gasteiger partial charge in [0.2, 0.25) is 0 Å². The van der Waals surface area contributed by atoms with Gasteiger partial charge in [-0.3, -0.25) is 4.79 Å². The number of amides is 1.